The molecule has 36 heavy (non-hydrogen) atoms. The Morgan fingerprint density at radius 2 is 1.08 bits per heavy atom. The van der Waals surface area contributed by atoms with Crippen molar-refractivity contribution in [3.05, 3.63) is 0 Å². The first kappa shape index (κ1) is 30.5. The van der Waals surface area contributed by atoms with Gasteiger partial charge in [-0.25, -0.2) is 0 Å². The molecule has 7 unspecified atom stereocenters. The highest BCUT2D eigenvalue weighted by molar-refractivity contribution is 4.99. The van der Waals surface area contributed by atoms with Crippen molar-refractivity contribution in [2.75, 3.05) is 0 Å². The molecule has 2 heterocycles. The van der Waals surface area contributed by atoms with E-state index >= 15 is 0 Å². The lowest BCUT2D eigenvalue weighted by molar-refractivity contribution is 0.0117. The van der Waals surface area contributed by atoms with Crippen LogP contribution < -0.4 is 10.6 Å². The topological polar surface area (TPSA) is 24.1 Å². The van der Waals surface area contributed by atoms with Crippen molar-refractivity contribution < 1.29 is 0 Å². The summed E-state index contributed by atoms with van der Waals surface area (Å²) in [5, 5.41) is 8.04. The van der Waals surface area contributed by atoms with Crippen LogP contribution in [0.25, 0.3) is 0 Å². The molecule has 0 aromatic heterocycles. The summed E-state index contributed by atoms with van der Waals surface area (Å²) in [6.07, 6.45) is 12.7. The van der Waals surface area contributed by atoms with Gasteiger partial charge in [-0.1, -0.05) is 61.8 Å². The van der Waals surface area contributed by atoms with Crippen LogP contribution in [0.2, 0.25) is 0 Å². The van der Waals surface area contributed by atoms with Crippen LogP contribution in [0.3, 0.4) is 0 Å². The van der Waals surface area contributed by atoms with E-state index in [-0.39, 0.29) is 11.1 Å². The predicted octanol–water partition coefficient (Wildman–Crippen LogP) is 9.09. The molecule has 2 N–H and O–H groups in total. The third-order valence-electron chi connectivity index (χ3n) is 10.8. The lowest BCUT2D eigenvalue weighted by Gasteiger charge is -2.51. The van der Waals surface area contributed by atoms with E-state index < -0.39 is 0 Å². The summed E-state index contributed by atoms with van der Waals surface area (Å²) in [5.41, 5.74) is 1.04. The molecule has 7 atom stereocenters. The minimum absolute atomic E-state index is 0.261. The quantitative estimate of drug-likeness (QED) is 0.346. The van der Waals surface area contributed by atoms with Gasteiger partial charge in [0.15, 0.2) is 0 Å². The maximum atomic E-state index is 4.05. The molecule has 3 rings (SSSR count). The Hall–Kier alpha value is -0.0800. The van der Waals surface area contributed by atoms with Crippen LogP contribution in [-0.2, 0) is 0 Å². The van der Waals surface area contributed by atoms with Gasteiger partial charge in [0, 0.05) is 23.2 Å². The molecule has 2 heteroatoms. The number of piperidine rings is 2. The average molecular weight is 503 g/mol. The second kappa shape index (κ2) is 11.6. The van der Waals surface area contributed by atoms with E-state index in [9.17, 15) is 0 Å². The summed E-state index contributed by atoms with van der Waals surface area (Å²) >= 11 is 0. The number of nitrogens with one attached hydrogen (secondary N) is 2. The number of rotatable bonds is 8. The molecule has 2 aliphatic heterocycles. The molecule has 0 radical (unpaired) electrons. The van der Waals surface area contributed by atoms with E-state index in [4.69, 9.17) is 0 Å². The van der Waals surface area contributed by atoms with Crippen LogP contribution >= 0.6 is 0 Å². The van der Waals surface area contributed by atoms with Crippen LogP contribution in [0.5, 0.6) is 0 Å². The zero-order chi connectivity index (χ0) is 27.1. The highest BCUT2D eigenvalue weighted by Crippen LogP contribution is 2.52. The fourth-order valence-corrected chi connectivity index (χ4v) is 9.07. The van der Waals surface area contributed by atoms with Gasteiger partial charge in [0.25, 0.3) is 0 Å². The van der Waals surface area contributed by atoms with Crippen molar-refractivity contribution in [3.63, 3.8) is 0 Å². The first-order chi connectivity index (χ1) is 16.5. The third kappa shape index (κ3) is 8.21. The maximum absolute atomic E-state index is 4.05. The first-order valence-electron chi connectivity index (χ1n) is 16.0. The maximum Gasteiger partial charge on any atom is 0.0130 e. The van der Waals surface area contributed by atoms with Gasteiger partial charge in [-0.15, -0.1) is 0 Å². The Balaban J connectivity index is 1.85. The SMILES string of the molecule is CC(C)C1CC(C(CCC2CC(C(C)C)NC(C)(C)C2)C2CC(C(C)C)NC(C)(C)C2)CC(C)(C)C1. The summed E-state index contributed by atoms with van der Waals surface area (Å²) in [4.78, 5) is 0. The molecule has 3 fully saturated rings. The largest absolute Gasteiger partial charge is 0.309 e. The molecule has 2 nitrogen and oxygen atoms in total. The molecule has 2 saturated heterocycles. The van der Waals surface area contributed by atoms with Gasteiger partial charge in [0.05, 0.1) is 0 Å². The van der Waals surface area contributed by atoms with Crippen molar-refractivity contribution in [2.24, 2.45) is 52.8 Å². The monoisotopic (exact) mass is 503 g/mol. The minimum atomic E-state index is 0.261. The second-order valence-electron chi connectivity index (χ2n) is 17.1. The zero-order valence-electron chi connectivity index (χ0n) is 26.6. The van der Waals surface area contributed by atoms with Crippen LogP contribution in [0.4, 0.5) is 0 Å². The van der Waals surface area contributed by atoms with E-state index in [1.54, 1.807) is 0 Å². The normalized spacial score (nSPS) is 37.4. The number of hydrogen-bond acceptors (Lipinski definition) is 2. The summed E-state index contributed by atoms with van der Waals surface area (Å²) < 4.78 is 0. The van der Waals surface area contributed by atoms with Gasteiger partial charge < -0.3 is 10.6 Å². The molecule has 0 spiro atoms. The molecule has 3 aliphatic rings. The van der Waals surface area contributed by atoms with Crippen molar-refractivity contribution in [3.8, 4) is 0 Å². The van der Waals surface area contributed by atoms with Crippen LogP contribution in [-0.4, -0.2) is 23.2 Å². The van der Waals surface area contributed by atoms with Crippen LogP contribution in [0.15, 0.2) is 0 Å². The van der Waals surface area contributed by atoms with Gasteiger partial charge in [0.1, 0.15) is 0 Å². The van der Waals surface area contributed by atoms with E-state index in [1.807, 2.05) is 0 Å². The predicted molar refractivity (Wildman–Crippen MR) is 159 cm³/mol. The standard InChI is InChI=1S/C34H66N2/c1-22(2)26-16-27(20-32(7,8)19-26)29(28-17-31(24(5)6)36-34(11,12)21-28)14-13-25-15-30(23(3)4)35-33(9,10)18-25/h22-31,35-36H,13-21H2,1-12H3. The average Bonchev–Trinajstić information content (AvgIpc) is 2.70. The fourth-order valence-electron chi connectivity index (χ4n) is 9.07. The van der Waals surface area contributed by atoms with Gasteiger partial charge >= 0.3 is 0 Å². The molecule has 0 amide bonds. The van der Waals surface area contributed by atoms with E-state index in [1.165, 1.54) is 57.8 Å². The highest BCUT2D eigenvalue weighted by atomic mass is 15.0. The molecular weight excluding hydrogens is 436 g/mol. The lowest BCUT2D eigenvalue weighted by atomic mass is 9.57. The van der Waals surface area contributed by atoms with E-state index in [2.05, 4.69) is 93.7 Å². The van der Waals surface area contributed by atoms with Gasteiger partial charge in [-0.2, -0.15) is 0 Å². The summed E-state index contributed by atoms with van der Waals surface area (Å²) in [6, 6.07) is 1.35. The molecule has 1 aliphatic carbocycles. The first-order valence-corrected chi connectivity index (χ1v) is 16.0. The van der Waals surface area contributed by atoms with Crippen molar-refractivity contribution in [1.29, 1.82) is 0 Å². The Kier molecular flexibility index (Phi) is 9.79. The Bertz CT molecular complexity index is 649. The Morgan fingerprint density at radius 1 is 0.583 bits per heavy atom. The Labute approximate surface area is 227 Å². The second-order valence-corrected chi connectivity index (χ2v) is 17.1. The zero-order valence-corrected chi connectivity index (χ0v) is 26.6. The summed E-state index contributed by atoms with van der Waals surface area (Å²) in [5.74, 6) is 6.71. The van der Waals surface area contributed by atoms with Crippen molar-refractivity contribution in [2.45, 2.75) is 164 Å². The van der Waals surface area contributed by atoms with Gasteiger partial charge in [-0.05, 0) is 132 Å². The molecular formula is C34H66N2. The molecule has 0 bridgehead atoms. The van der Waals surface area contributed by atoms with Gasteiger partial charge in [0.2, 0.25) is 0 Å². The van der Waals surface area contributed by atoms with Crippen LogP contribution in [0, 0.1) is 52.8 Å². The van der Waals surface area contributed by atoms with E-state index in [0.29, 0.717) is 17.5 Å². The Morgan fingerprint density at radius 3 is 1.64 bits per heavy atom. The smallest absolute Gasteiger partial charge is 0.0130 e. The number of hydrogen-bond donors (Lipinski definition) is 2. The van der Waals surface area contributed by atoms with Crippen molar-refractivity contribution >= 4 is 0 Å². The summed E-state index contributed by atoms with van der Waals surface area (Å²) in [6.45, 7) is 29.7. The third-order valence-corrected chi connectivity index (χ3v) is 10.8. The fraction of sp³-hybridized carbons (Fsp3) is 1.00. The minimum Gasteiger partial charge on any atom is -0.309 e. The summed E-state index contributed by atoms with van der Waals surface area (Å²) in [7, 11) is 0. The molecule has 1 saturated carbocycles. The van der Waals surface area contributed by atoms with Gasteiger partial charge in [-0.3, -0.25) is 0 Å². The highest BCUT2D eigenvalue weighted by Gasteiger charge is 2.45. The van der Waals surface area contributed by atoms with Crippen molar-refractivity contribution in [1.82, 2.24) is 10.6 Å². The molecule has 0 aromatic rings. The molecule has 0 aromatic carbocycles. The lowest BCUT2D eigenvalue weighted by Crippen LogP contribution is -2.56. The molecule has 212 valence electrons. The van der Waals surface area contributed by atoms with Crippen LogP contribution in [0.1, 0.15) is 141 Å². The van der Waals surface area contributed by atoms with E-state index in [0.717, 1.165) is 47.3 Å².